The Hall–Kier alpha value is -3.22. The van der Waals surface area contributed by atoms with E-state index in [0.29, 0.717) is 5.95 Å². The first kappa shape index (κ1) is 18.2. The summed E-state index contributed by atoms with van der Waals surface area (Å²) >= 11 is 0. The van der Waals surface area contributed by atoms with Crippen molar-refractivity contribution in [1.82, 2.24) is 15.2 Å². The van der Waals surface area contributed by atoms with Crippen molar-refractivity contribution in [3.63, 3.8) is 0 Å². The summed E-state index contributed by atoms with van der Waals surface area (Å²) in [5.74, 6) is 1.09. The van der Waals surface area contributed by atoms with Crippen LogP contribution >= 0.6 is 0 Å². The van der Waals surface area contributed by atoms with Crippen LogP contribution in [0.15, 0.2) is 48.7 Å². The number of aryl methyl sites for hydroxylation is 2. The van der Waals surface area contributed by atoms with E-state index in [2.05, 4.69) is 56.3 Å². The lowest BCUT2D eigenvalue weighted by molar-refractivity contribution is 0.624. The van der Waals surface area contributed by atoms with E-state index in [1.807, 2.05) is 18.2 Å². The summed E-state index contributed by atoms with van der Waals surface area (Å²) < 4.78 is 13.1. The van der Waals surface area contributed by atoms with Crippen LogP contribution in [0.25, 0.3) is 0 Å². The van der Waals surface area contributed by atoms with Crippen LogP contribution in [0.4, 0.5) is 27.5 Å². The van der Waals surface area contributed by atoms with E-state index in [9.17, 15) is 4.39 Å². The van der Waals surface area contributed by atoms with E-state index in [1.165, 1.54) is 17.7 Å². The predicted molar refractivity (Wildman–Crippen MR) is 110 cm³/mol. The van der Waals surface area contributed by atoms with Gasteiger partial charge in [0.05, 0.1) is 6.20 Å². The summed E-state index contributed by atoms with van der Waals surface area (Å²) in [5, 5.41) is 11.5. The van der Waals surface area contributed by atoms with E-state index in [-0.39, 0.29) is 5.82 Å². The highest BCUT2D eigenvalue weighted by molar-refractivity contribution is 5.59. The maximum absolute atomic E-state index is 13.1. The zero-order chi connectivity index (χ0) is 19.5. The number of hydrogen-bond donors (Lipinski definition) is 1. The first-order valence-corrected chi connectivity index (χ1v) is 9.38. The van der Waals surface area contributed by atoms with E-state index < -0.39 is 0 Å². The van der Waals surface area contributed by atoms with Gasteiger partial charge < -0.3 is 15.1 Å². The van der Waals surface area contributed by atoms with Crippen molar-refractivity contribution in [2.24, 2.45) is 0 Å². The number of aromatic nitrogens is 3. The monoisotopic (exact) mass is 378 g/mol. The molecule has 0 spiro atoms. The molecule has 144 valence electrons. The molecule has 0 aliphatic carbocycles. The number of nitrogens with zero attached hydrogens (tertiary/aromatic N) is 5. The summed E-state index contributed by atoms with van der Waals surface area (Å²) in [4.78, 5) is 9.08. The zero-order valence-corrected chi connectivity index (χ0v) is 16.1. The molecular weight excluding hydrogens is 355 g/mol. The van der Waals surface area contributed by atoms with Gasteiger partial charge in [-0.1, -0.05) is 17.7 Å². The fraction of sp³-hybridized carbons (Fsp3) is 0.286. The molecule has 7 heteroatoms. The molecule has 0 amide bonds. The second-order valence-electron chi connectivity index (χ2n) is 7.03. The molecule has 1 saturated heterocycles. The number of halogens is 1. The molecule has 2 heterocycles. The lowest BCUT2D eigenvalue weighted by Gasteiger charge is -2.36. The molecule has 2 aromatic carbocycles. The van der Waals surface area contributed by atoms with E-state index in [4.69, 9.17) is 0 Å². The third-order valence-corrected chi connectivity index (χ3v) is 4.97. The molecule has 0 atom stereocenters. The SMILES string of the molecule is Cc1ccc(Nc2nncc(N3CCN(c4ccc(F)cc4)CC3)n2)c(C)c1. The van der Waals surface area contributed by atoms with Crippen LogP contribution in [0, 0.1) is 19.7 Å². The molecule has 1 aliphatic rings. The Morgan fingerprint density at radius 1 is 0.929 bits per heavy atom. The molecule has 0 bridgehead atoms. The first-order valence-electron chi connectivity index (χ1n) is 9.38. The summed E-state index contributed by atoms with van der Waals surface area (Å²) in [6.45, 7) is 7.45. The molecule has 3 aromatic rings. The minimum absolute atomic E-state index is 0.210. The average Bonchev–Trinajstić information content (AvgIpc) is 2.71. The molecule has 1 fully saturated rings. The van der Waals surface area contributed by atoms with Gasteiger partial charge in [0.2, 0.25) is 5.95 Å². The average molecular weight is 378 g/mol. The van der Waals surface area contributed by atoms with Gasteiger partial charge in [0, 0.05) is 37.6 Å². The van der Waals surface area contributed by atoms with Crippen LogP contribution in [-0.2, 0) is 0 Å². The van der Waals surface area contributed by atoms with Crippen molar-refractivity contribution in [1.29, 1.82) is 0 Å². The molecular formula is C21H23FN6. The van der Waals surface area contributed by atoms with Gasteiger partial charge in [0.1, 0.15) is 5.82 Å². The standard InChI is InChI=1S/C21H23FN6/c1-15-3-8-19(16(2)13-15)24-21-25-20(14-23-26-21)28-11-9-27(10-12-28)18-6-4-17(22)5-7-18/h3-8,13-14H,9-12H2,1-2H3,(H,24,25,26). The molecule has 1 aliphatic heterocycles. The summed E-state index contributed by atoms with van der Waals surface area (Å²) in [5.41, 5.74) is 4.38. The van der Waals surface area contributed by atoms with Gasteiger partial charge in [-0.15, -0.1) is 5.10 Å². The molecule has 1 N–H and O–H groups in total. The zero-order valence-electron chi connectivity index (χ0n) is 16.1. The highest BCUT2D eigenvalue weighted by Gasteiger charge is 2.19. The third kappa shape index (κ3) is 4.03. The minimum atomic E-state index is -0.210. The van der Waals surface area contributed by atoms with Gasteiger partial charge >= 0.3 is 0 Å². The summed E-state index contributed by atoms with van der Waals surface area (Å²) in [7, 11) is 0. The molecule has 4 rings (SSSR count). The topological polar surface area (TPSA) is 57.2 Å². The van der Waals surface area contributed by atoms with Crippen LogP contribution < -0.4 is 15.1 Å². The van der Waals surface area contributed by atoms with E-state index in [0.717, 1.165) is 48.9 Å². The predicted octanol–water partition coefficient (Wildman–Crippen LogP) is 3.70. The summed E-state index contributed by atoms with van der Waals surface area (Å²) in [6, 6.07) is 12.9. The minimum Gasteiger partial charge on any atom is -0.368 e. The first-order chi connectivity index (χ1) is 13.6. The van der Waals surface area contributed by atoms with Crippen LogP contribution in [0.5, 0.6) is 0 Å². The number of nitrogens with one attached hydrogen (secondary N) is 1. The fourth-order valence-electron chi connectivity index (χ4n) is 3.42. The van der Waals surface area contributed by atoms with Crippen molar-refractivity contribution in [2.75, 3.05) is 41.3 Å². The number of rotatable bonds is 4. The van der Waals surface area contributed by atoms with Gasteiger partial charge in [-0.3, -0.25) is 0 Å². The fourth-order valence-corrected chi connectivity index (χ4v) is 3.42. The van der Waals surface area contributed by atoms with Crippen molar-refractivity contribution < 1.29 is 4.39 Å². The molecule has 0 saturated carbocycles. The normalized spacial score (nSPS) is 14.2. The van der Waals surface area contributed by atoms with Crippen LogP contribution in [0.2, 0.25) is 0 Å². The maximum Gasteiger partial charge on any atom is 0.249 e. The third-order valence-electron chi connectivity index (χ3n) is 4.97. The summed E-state index contributed by atoms with van der Waals surface area (Å²) in [6.07, 6.45) is 1.70. The number of hydrogen-bond acceptors (Lipinski definition) is 6. The lowest BCUT2D eigenvalue weighted by atomic mass is 10.1. The van der Waals surface area contributed by atoms with Crippen LogP contribution in [0.1, 0.15) is 11.1 Å². The van der Waals surface area contributed by atoms with Crippen molar-refractivity contribution in [3.8, 4) is 0 Å². The Bertz CT molecular complexity index is 951. The van der Waals surface area contributed by atoms with Gasteiger partial charge in [0.25, 0.3) is 0 Å². The Morgan fingerprint density at radius 2 is 1.64 bits per heavy atom. The van der Waals surface area contributed by atoms with Crippen LogP contribution in [-0.4, -0.2) is 41.4 Å². The lowest BCUT2D eigenvalue weighted by Crippen LogP contribution is -2.46. The van der Waals surface area contributed by atoms with Gasteiger partial charge in [-0.05, 0) is 49.7 Å². The Labute approximate surface area is 164 Å². The van der Waals surface area contributed by atoms with Gasteiger partial charge in [-0.2, -0.15) is 10.1 Å². The van der Waals surface area contributed by atoms with Crippen LogP contribution in [0.3, 0.4) is 0 Å². The molecule has 0 unspecified atom stereocenters. The number of benzene rings is 2. The Kier molecular flexibility index (Phi) is 5.06. The van der Waals surface area contributed by atoms with E-state index >= 15 is 0 Å². The Morgan fingerprint density at radius 3 is 2.36 bits per heavy atom. The van der Waals surface area contributed by atoms with E-state index in [1.54, 1.807) is 6.20 Å². The largest absolute Gasteiger partial charge is 0.368 e. The highest BCUT2D eigenvalue weighted by Crippen LogP contribution is 2.22. The second-order valence-corrected chi connectivity index (χ2v) is 7.03. The van der Waals surface area contributed by atoms with Gasteiger partial charge in [0.15, 0.2) is 5.82 Å². The van der Waals surface area contributed by atoms with Crippen molar-refractivity contribution >= 4 is 23.1 Å². The molecule has 28 heavy (non-hydrogen) atoms. The quantitative estimate of drug-likeness (QED) is 0.747. The number of piperazine rings is 1. The highest BCUT2D eigenvalue weighted by atomic mass is 19.1. The molecule has 0 radical (unpaired) electrons. The smallest absolute Gasteiger partial charge is 0.249 e. The molecule has 6 nitrogen and oxygen atoms in total. The van der Waals surface area contributed by atoms with Gasteiger partial charge in [-0.25, -0.2) is 4.39 Å². The maximum atomic E-state index is 13.1. The second kappa shape index (κ2) is 7.80. The van der Waals surface area contributed by atoms with Crippen molar-refractivity contribution in [3.05, 3.63) is 65.6 Å². The Balaban J connectivity index is 1.43. The number of anilines is 4. The van der Waals surface area contributed by atoms with Crippen molar-refractivity contribution in [2.45, 2.75) is 13.8 Å². The molecule has 1 aromatic heterocycles.